The van der Waals surface area contributed by atoms with Crippen molar-refractivity contribution in [2.45, 2.75) is 84.1 Å². The van der Waals surface area contributed by atoms with Crippen molar-refractivity contribution >= 4 is 41.2 Å². The fraction of sp³-hybridized carbons (Fsp3) is 0.593. The Morgan fingerprint density at radius 2 is 1.95 bits per heavy atom. The summed E-state index contributed by atoms with van der Waals surface area (Å²) in [7, 11) is 0. The van der Waals surface area contributed by atoms with E-state index in [0.29, 0.717) is 48.0 Å². The normalized spacial score (nSPS) is 16.6. The SMILES string of the molecule is CSC(CCc1ncc(CC(C)C)c(COC(C)=O)c1OC(C)=O)Nc1nc2c(c(=O)[nH]1)N[C@@H]([C@@H](O)[C@H](C)O)CN2. The van der Waals surface area contributed by atoms with Gasteiger partial charge in [0.1, 0.15) is 18.4 Å². The number of carbonyl (C=O) groups is 2. The second-order valence-corrected chi connectivity index (χ2v) is 11.5. The molecule has 0 fully saturated rings. The minimum atomic E-state index is -1.06. The van der Waals surface area contributed by atoms with E-state index in [2.05, 4.69) is 44.7 Å². The number of aromatic amines is 1. The molecule has 2 aromatic heterocycles. The number of esters is 2. The van der Waals surface area contributed by atoms with Crippen molar-refractivity contribution in [2.24, 2.45) is 5.92 Å². The van der Waals surface area contributed by atoms with Crippen LogP contribution in [0.4, 0.5) is 17.5 Å². The summed E-state index contributed by atoms with van der Waals surface area (Å²) in [5.41, 5.74) is 1.78. The van der Waals surface area contributed by atoms with Crippen LogP contribution < -0.4 is 26.2 Å². The Bertz CT molecular complexity index is 1290. The van der Waals surface area contributed by atoms with Gasteiger partial charge in [0.15, 0.2) is 11.6 Å². The molecule has 0 saturated heterocycles. The highest BCUT2D eigenvalue weighted by molar-refractivity contribution is 7.99. The number of rotatable bonds is 13. The van der Waals surface area contributed by atoms with Crippen LogP contribution in [0, 0.1) is 5.92 Å². The molecule has 4 atom stereocenters. The second kappa shape index (κ2) is 14.5. The quantitative estimate of drug-likeness (QED) is 0.147. The zero-order valence-electron chi connectivity index (χ0n) is 24.2. The van der Waals surface area contributed by atoms with Gasteiger partial charge in [0.25, 0.3) is 5.56 Å². The van der Waals surface area contributed by atoms with Crippen LogP contribution in [0.5, 0.6) is 5.75 Å². The molecule has 1 unspecified atom stereocenters. The van der Waals surface area contributed by atoms with E-state index in [0.717, 1.165) is 5.56 Å². The van der Waals surface area contributed by atoms with Crippen LogP contribution >= 0.6 is 11.8 Å². The number of anilines is 3. The number of nitrogens with zero attached hydrogens (tertiary/aromatic N) is 2. The first-order chi connectivity index (χ1) is 19.4. The third-order valence-electron chi connectivity index (χ3n) is 6.46. The van der Waals surface area contributed by atoms with Gasteiger partial charge in [-0.15, -0.1) is 11.8 Å². The first kappa shape index (κ1) is 32.2. The molecule has 0 aliphatic carbocycles. The number of aryl methyl sites for hydroxylation is 1. The Balaban J connectivity index is 1.80. The highest BCUT2D eigenvalue weighted by Crippen LogP contribution is 2.31. The molecule has 0 aromatic carbocycles. The van der Waals surface area contributed by atoms with E-state index in [9.17, 15) is 24.6 Å². The molecule has 226 valence electrons. The Labute approximate surface area is 243 Å². The predicted octanol–water partition coefficient (Wildman–Crippen LogP) is 2.03. The number of ether oxygens (including phenoxy) is 2. The molecule has 0 saturated carbocycles. The van der Waals surface area contributed by atoms with Gasteiger partial charge in [-0.1, -0.05) is 13.8 Å². The standard InChI is InChI=1S/C27H40N6O7S/c1-13(2)9-17-10-28-19(24(40-16(5)36)18(17)12-39-15(4)35)7-8-21(41-6)31-27-32-25-22(26(38)33-27)30-20(11-29-25)23(37)14(3)34/h10,13-14,20-21,23,30,34,37H,7-9,11-12H2,1-6H3,(H3,29,31,32,33,38)/t14-,20+,21?,23-/m0/s1. The molecule has 0 radical (unpaired) electrons. The van der Waals surface area contributed by atoms with E-state index in [1.165, 1.54) is 32.5 Å². The molecule has 3 rings (SSSR count). The first-order valence-corrected chi connectivity index (χ1v) is 14.8. The molecule has 3 heterocycles. The van der Waals surface area contributed by atoms with E-state index in [4.69, 9.17) is 9.47 Å². The highest BCUT2D eigenvalue weighted by atomic mass is 32.2. The predicted molar refractivity (Wildman–Crippen MR) is 157 cm³/mol. The van der Waals surface area contributed by atoms with Crippen molar-refractivity contribution in [1.29, 1.82) is 0 Å². The number of fused-ring (bicyclic) bond motifs is 1. The Kier molecular flexibility index (Phi) is 11.4. The molecule has 0 amide bonds. The lowest BCUT2D eigenvalue weighted by Crippen LogP contribution is -2.48. The largest absolute Gasteiger partial charge is 0.461 e. The van der Waals surface area contributed by atoms with Gasteiger partial charge < -0.3 is 35.6 Å². The number of hydrogen-bond donors (Lipinski definition) is 6. The van der Waals surface area contributed by atoms with Gasteiger partial charge in [0.2, 0.25) is 5.95 Å². The summed E-state index contributed by atoms with van der Waals surface area (Å²) in [6.45, 7) is 8.48. The average molecular weight is 593 g/mol. The van der Waals surface area contributed by atoms with Gasteiger partial charge >= 0.3 is 11.9 Å². The Morgan fingerprint density at radius 1 is 1.22 bits per heavy atom. The summed E-state index contributed by atoms with van der Waals surface area (Å²) < 4.78 is 10.9. The molecular weight excluding hydrogens is 552 g/mol. The molecule has 2 aromatic rings. The number of thioether (sulfide) groups is 1. The molecule has 0 spiro atoms. The van der Waals surface area contributed by atoms with Crippen LogP contribution in [0.25, 0.3) is 0 Å². The van der Waals surface area contributed by atoms with Crippen LogP contribution in [-0.4, -0.2) is 73.5 Å². The fourth-order valence-corrected chi connectivity index (χ4v) is 5.04. The third-order valence-corrected chi connectivity index (χ3v) is 7.39. The highest BCUT2D eigenvalue weighted by Gasteiger charge is 2.30. The Morgan fingerprint density at radius 3 is 2.56 bits per heavy atom. The maximum Gasteiger partial charge on any atom is 0.308 e. The van der Waals surface area contributed by atoms with E-state index < -0.39 is 35.7 Å². The monoisotopic (exact) mass is 592 g/mol. The van der Waals surface area contributed by atoms with Crippen molar-refractivity contribution in [3.05, 3.63) is 33.4 Å². The fourth-order valence-electron chi connectivity index (χ4n) is 4.46. The minimum Gasteiger partial charge on any atom is -0.461 e. The van der Waals surface area contributed by atoms with Gasteiger partial charge in [0.05, 0.1) is 23.2 Å². The average Bonchev–Trinajstić information content (AvgIpc) is 2.90. The molecular formula is C27H40N6O7S. The number of pyridine rings is 1. The van der Waals surface area contributed by atoms with Crippen LogP contribution in [-0.2, 0) is 33.8 Å². The summed E-state index contributed by atoms with van der Waals surface area (Å²) in [5, 5.41) is 28.9. The van der Waals surface area contributed by atoms with E-state index >= 15 is 0 Å². The number of aliphatic hydroxyl groups is 2. The Hall–Kier alpha value is -3.36. The van der Waals surface area contributed by atoms with Crippen LogP contribution in [0.2, 0.25) is 0 Å². The number of H-pyrrole nitrogens is 1. The summed E-state index contributed by atoms with van der Waals surface area (Å²) in [6, 6.07) is -0.556. The number of carbonyl (C=O) groups excluding carboxylic acids is 2. The molecule has 0 bridgehead atoms. The van der Waals surface area contributed by atoms with Gasteiger partial charge in [-0.3, -0.25) is 24.4 Å². The number of aromatic nitrogens is 3. The van der Waals surface area contributed by atoms with E-state index in [1.54, 1.807) is 6.20 Å². The summed E-state index contributed by atoms with van der Waals surface area (Å²) in [5.74, 6) is 0.261. The van der Waals surface area contributed by atoms with Crippen molar-refractivity contribution < 1.29 is 29.3 Å². The van der Waals surface area contributed by atoms with Crippen LogP contribution in [0.15, 0.2) is 11.0 Å². The van der Waals surface area contributed by atoms with E-state index in [-0.39, 0.29) is 30.2 Å². The van der Waals surface area contributed by atoms with Gasteiger partial charge in [-0.05, 0) is 43.9 Å². The van der Waals surface area contributed by atoms with Gasteiger partial charge in [0, 0.05) is 32.2 Å². The molecule has 1 aliphatic heterocycles. The minimum absolute atomic E-state index is 0.0316. The molecule has 14 heteroatoms. The van der Waals surface area contributed by atoms with Crippen LogP contribution in [0.3, 0.4) is 0 Å². The zero-order valence-corrected chi connectivity index (χ0v) is 25.1. The van der Waals surface area contributed by atoms with Crippen molar-refractivity contribution in [2.75, 3.05) is 28.8 Å². The third kappa shape index (κ3) is 8.81. The molecule has 13 nitrogen and oxygen atoms in total. The zero-order chi connectivity index (χ0) is 30.3. The summed E-state index contributed by atoms with van der Waals surface area (Å²) >= 11 is 1.51. The lowest BCUT2D eigenvalue weighted by atomic mass is 9.98. The second-order valence-electron chi connectivity index (χ2n) is 10.4. The molecule has 6 N–H and O–H groups in total. The van der Waals surface area contributed by atoms with E-state index in [1.807, 2.05) is 6.26 Å². The van der Waals surface area contributed by atoms with Crippen LogP contribution in [0.1, 0.15) is 57.9 Å². The number of nitrogens with one attached hydrogen (secondary N) is 4. The van der Waals surface area contributed by atoms with Gasteiger partial charge in [-0.25, -0.2) is 0 Å². The number of aliphatic hydroxyl groups excluding tert-OH is 2. The molecule has 1 aliphatic rings. The van der Waals surface area contributed by atoms with Gasteiger partial charge in [-0.2, -0.15) is 4.98 Å². The maximum absolute atomic E-state index is 12.8. The van der Waals surface area contributed by atoms with Crippen molar-refractivity contribution in [1.82, 2.24) is 15.0 Å². The van der Waals surface area contributed by atoms with Crippen molar-refractivity contribution in [3.63, 3.8) is 0 Å². The summed E-state index contributed by atoms with van der Waals surface area (Å²) in [6.07, 6.45) is 3.25. The topological polar surface area (TPSA) is 188 Å². The first-order valence-electron chi connectivity index (χ1n) is 13.5. The smallest absolute Gasteiger partial charge is 0.308 e. The lowest BCUT2D eigenvalue weighted by molar-refractivity contribution is -0.142. The summed E-state index contributed by atoms with van der Waals surface area (Å²) in [4.78, 5) is 48.2. The number of hydrogen-bond acceptors (Lipinski definition) is 13. The lowest BCUT2D eigenvalue weighted by Gasteiger charge is -2.31. The van der Waals surface area contributed by atoms with Crippen molar-refractivity contribution in [3.8, 4) is 5.75 Å². The maximum atomic E-state index is 12.8. The molecule has 41 heavy (non-hydrogen) atoms.